The average molecular weight is 256 g/mol. The predicted octanol–water partition coefficient (Wildman–Crippen LogP) is 2.49. The molecule has 0 radical (unpaired) electrons. The zero-order chi connectivity index (χ0) is 13.8. The fraction of sp³-hybridized carbons (Fsp3) is 1.00. The molecule has 0 aromatic carbocycles. The van der Waals surface area contributed by atoms with E-state index in [9.17, 15) is 10.2 Å². The van der Waals surface area contributed by atoms with Gasteiger partial charge in [0, 0.05) is 0 Å². The summed E-state index contributed by atoms with van der Waals surface area (Å²) < 4.78 is 6.32. The van der Waals surface area contributed by atoms with Crippen molar-refractivity contribution in [2.24, 2.45) is 11.8 Å². The largest absolute Gasteiger partial charge is 0.390 e. The number of hydrogen-bond acceptors (Lipinski definition) is 3. The van der Waals surface area contributed by atoms with Gasteiger partial charge in [0.15, 0.2) is 0 Å². The van der Waals surface area contributed by atoms with Crippen LogP contribution in [0.5, 0.6) is 0 Å². The van der Waals surface area contributed by atoms with Crippen molar-refractivity contribution in [1.82, 2.24) is 0 Å². The van der Waals surface area contributed by atoms with Crippen LogP contribution in [0, 0.1) is 11.8 Å². The third-order valence-corrected chi connectivity index (χ3v) is 5.50. The minimum Gasteiger partial charge on any atom is -0.390 e. The van der Waals surface area contributed by atoms with Crippen molar-refractivity contribution in [1.29, 1.82) is 0 Å². The van der Waals surface area contributed by atoms with Gasteiger partial charge in [-0.1, -0.05) is 6.92 Å². The van der Waals surface area contributed by atoms with E-state index >= 15 is 0 Å². The Morgan fingerprint density at radius 1 is 1.39 bits per heavy atom. The fourth-order valence-electron chi connectivity index (χ4n) is 3.94. The molecular formula is C15H28O3. The van der Waals surface area contributed by atoms with Gasteiger partial charge in [-0.25, -0.2) is 0 Å². The summed E-state index contributed by atoms with van der Waals surface area (Å²) in [6.45, 7) is 10.00. The Morgan fingerprint density at radius 3 is 2.39 bits per heavy atom. The zero-order valence-electron chi connectivity index (χ0n) is 12.4. The molecule has 3 heteroatoms. The van der Waals surface area contributed by atoms with Crippen LogP contribution >= 0.6 is 0 Å². The molecule has 3 nitrogen and oxygen atoms in total. The fourth-order valence-corrected chi connectivity index (χ4v) is 3.94. The normalized spacial score (nSPS) is 45.5. The quantitative estimate of drug-likeness (QED) is 0.812. The minimum absolute atomic E-state index is 0.0269. The first-order valence-electron chi connectivity index (χ1n) is 7.19. The molecule has 2 N–H and O–H groups in total. The molecule has 1 heterocycles. The van der Waals surface area contributed by atoms with Crippen molar-refractivity contribution in [2.45, 2.75) is 83.2 Å². The molecule has 2 aliphatic rings. The number of aliphatic hydroxyl groups excluding tert-OH is 1. The molecule has 2 bridgehead atoms. The Bertz CT molecular complexity index is 322. The van der Waals surface area contributed by atoms with Crippen molar-refractivity contribution in [3.63, 3.8) is 0 Å². The monoisotopic (exact) mass is 256 g/mol. The SMILES string of the molecule is C[C@@H]1[C@@H]2CC[C@@]1(C)O[C@@]2(C)CC[C@H](O)C(C)(C)O. The van der Waals surface area contributed by atoms with E-state index in [1.54, 1.807) is 13.8 Å². The highest BCUT2D eigenvalue weighted by molar-refractivity contribution is 5.08. The Kier molecular flexibility index (Phi) is 3.33. The van der Waals surface area contributed by atoms with Crippen LogP contribution in [0.15, 0.2) is 0 Å². The molecule has 0 unspecified atom stereocenters. The van der Waals surface area contributed by atoms with Gasteiger partial charge in [0.05, 0.1) is 22.9 Å². The lowest BCUT2D eigenvalue weighted by molar-refractivity contribution is -0.137. The second kappa shape index (κ2) is 4.19. The zero-order valence-corrected chi connectivity index (χ0v) is 12.4. The van der Waals surface area contributed by atoms with Crippen LogP contribution in [0.2, 0.25) is 0 Å². The van der Waals surface area contributed by atoms with Gasteiger partial charge in [-0.15, -0.1) is 0 Å². The molecule has 0 spiro atoms. The van der Waals surface area contributed by atoms with Gasteiger partial charge in [-0.05, 0) is 65.2 Å². The van der Waals surface area contributed by atoms with Crippen LogP contribution in [0.25, 0.3) is 0 Å². The molecule has 5 atom stereocenters. The van der Waals surface area contributed by atoms with Crippen molar-refractivity contribution < 1.29 is 14.9 Å². The van der Waals surface area contributed by atoms with Crippen LogP contribution in [0.4, 0.5) is 0 Å². The number of hydrogen-bond donors (Lipinski definition) is 2. The summed E-state index contributed by atoms with van der Waals surface area (Å²) in [6.07, 6.45) is 3.12. The van der Waals surface area contributed by atoms with Crippen LogP contribution in [-0.4, -0.2) is 33.1 Å². The predicted molar refractivity (Wildman–Crippen MR) is 71.3 cm³/mol. The highest BCUT2D eigenvalue weighted by Crippen LogP contribution is 2.58. The summed E-state index contributed by atoms with van der Waals surface area (Å²) in [5.74, 6) is 1.19. The summed E-state index contributed by atoms with van der Waals surface area (Å²) in [5.41, 5.74) is -1.12. The van der Waals surface area contributed by atoms with Crippen molar-refractivity contribution >= 4 is 0 Å². The maximum absolute atomic E-state index is 9.96. The molecule has 1 aliphatic carbocycles. The molecule has 1 aliphatic heterocycles. The molecule has 0 amide bonds. The van der Waals surface area contributed by atoms with Crippen LogP contribution in [-0.2, 0) is 4.74 Å². The third-order valence-electron chi connectivity index (χ3n) is 5.50. The summed E-state index contributed by atoms with van der Waals surface area (Å²) in [7, 11) is 0. The minimum atomic E-state index is -1.02. The molecule has 18 heavy (non-hydrogen) atoms. The number of rotatable bonds is 4. The maximum Gasteiger partial charge on any atom is 0.0849 e. The molecule has 0 aromatic heterocycles. The summed E-state index contributed by atoms with van der Waals surface area (Å²) in [5, 5.41) is 19.7. The number of fused-ring (bicyclic) bond motifs is 2. The first kappa shape index (κ1) is 14.3. The standard InChI is InChI=1S/C15H28O3/c1-10-11-6-8-14(10,4)18-15(11,5)9-7-12(16)13(2,3)17/h10-12,16-17H,6-9H2,1-5H3/t10-,11+,12+,14-,15+/m1/s1. The van der Waals surface area contributed by atoms with Crippen LogP contribution in [0.3, 0.4) is 0 Å². The van der Waals surface area contributed by atoms with Gasteiger partial charge in [-0.2, -0.15) is 0 Å². The molecule has 1 saturated heterocycles. The molecular weight excluding hydrogens is 228 g/mol. The van der Waals surface area contributed by atoms with Gasteiger partial charge < -0.3 is 14.9 Å². The molecule has 2 rings (SSSR count). The lowest BCUT2D eigenvalue weighted by Crippen LogP contribution is -2.42. The first-order chi connectivity index (χ1) is 8.08. The molecule has 106 valence electrons. The summed E-state index contributed by atoms with van der Waals surface area (Å²) in [4.78, 5) is 0. The lowest BCUT2D eigenvalue weighted by Gasteiger charge is -2.38. The molecule has 0 aromatic rings. The Balaban J connectivity index is 1.99. The first-order valence-corrected chi connectivity index (χ1v) is 7.19. The van der Waals surface area contributed by atoms with Gasteiger partial charge in [-0.3, -0.25) is 0 Å². The van der Waals surface area contributed by atoms with E-state index < -0.39 is 11.7 Å². The second-order valence-electron chi connectivity index (χ2n) is 7.37. The van der Waals surface area contributed by atoms with Gasteiger partial charge in [0.1, 0.15) is 0 Å². The number of ether oxygens (including phenoxy) is 1. The third kappa shape index (κ3) is 2.21. The van der Waals surface area contributed by atoms with E-state index in [0.717, 1.165) is 12.8 Å². The topological polar surface area (TPSA) is 49.7 Å². The van der Waals surface area contributed by atoms with Gasteiger partial charge in [0.2, 0.25) is 0 Å². The maximum atomic E-state index is 9.96. The number of aliphatic hydroxyl groups is 2. The van der Waals surface area contributed by atoms with Crippen molar-refractivity contribution in [3.05, 3.63) is 0 Å². The Labute approximate surface area is 111 Å². The molecule has 2 fully saturated rings. The van der Waals surface area contributed by atoms with Crippen molar-refractivity contribution in [2.75, 3.05) is 0 Å². The summed E-state index contributed by atoms with van der Waals surface area (Å²) >= 11 is 0. The average Bonchev–Trinajstić information content (AvgIpc) is 2.60. The van der Waals surface area contributed by atoms with Crippen molar-refractivity contribution in [3.8, 4) is 0 Å². The Morgan fingerprint density at radius 2 is 2.00 bits per heavy atom. The molecule has 1 saturated carbocycles. The Hall–Kier alpha value is -0.120. The highest BCUT2D eigenvalue weighted by Gasteiger charge is 2.60. The summed E-state index contributed by atoms with van der Waals surface area (Å²) in [6, 6.07) is 0. The lowest BCUT2D eigenvalue weighted by atomic mass is 9.79. The van der Waals surface area contributed by atoms with Crippen LogP contribution < -0.4 is 0 Å². The van der Waals surface area contributed by atoms with E-state index in [-0.39, 0.29) is 11.2 Å². The van der Waals surface area contributed by atoms with Gasteiger partial charge in [0.25, 0.3) is 0 Å². The van der Waals surface area contributed by atoms with Crippen LogP contribution in [0.1, 0.15) is 60.3 Å². The van der Waals surface area contributed by atoms with E-state index in [1.807, 2.05) is 0 Å². The van der Waals surface area contributed by atoms with E-state index in [0.29, 0.717) is 18.3 Å². The smallest absolute Gasteiger partial charge is 0.0849 e. The highest BCUT2D eigenvalue weighted by atomic mass is 16.5. The van der Waals surface area contributed by atoms with E-state index in [2.05, 4.69) is 20.8 Å². The second-order valence-corrected chi connectivity index (χ2v) is 7.37. The van der Waals surface area contributed by atoms with E-state index in [4.69, 9.17) is 4.74 Å². The van der Waals surface area contributed by atoms with E-state index in [1.165, 1.54) is 6.42 Å². The van der Waals surface area contributed by atoms with Gasteiger partial charge >= 0.3 is 0 Å².